The lowest BCUT2D eigenvalue weighted by Crippen LogP contribution is -2.31. The van der Waals surface area contributed by atoms with Gasteiger partial charge in [0, 0.05) is 55.1 Å². The van der Waals surface area contributed by atoms with E-state index in [0.29, 0.717) is 11.7 Å². The molecule has 0 spiro atoms. The number of imidazole rings is 1. The Kier molecular flexibility index (Phi) is 4.75. The predicted octanol–water partition coefficient (Wildman–Crippen LogP) is 2.81. The van der Waals surface area contributed by atoms with Gasteiger partial charge in [-0.2, -0.15) is 0 Å². The zero-order valence-electron chi connectivity index (χ0n) is 16.9. The highest BCUT2D eigenvalue weighted by atomic mass is 16.1. The summed E-state index contributed by atoms with van der Waals surface area (Å²) in [6.45, 7) is 8.02. The molecule has 0 aromatic carbocycles. The molecule has 7 nitrogen and oxygen atoms in total. The lowest BCUT2D eigenvalue weighted by molar-refractivity contribution is 0.659. The Morgan fingerprint density at radius 1 is 1.25 bits per heavy atom. The largest absolute Gasteiger partial charge is 0.350 e. The summed E-state index contributed by atoms with van der Waals surface area (Å²) in [5, 5.41) is 0. The van der Waals surface area contributed by atoms with E-state index in [1.54, 1.807) is 6.20 Å². The van der Waals surface area contributed by atoms with Crippen LogP contribution >= 0.6 is 0 Å². The van der Waals surface area contributed by atoms with Gasteiger partial charge in [0.15, 0.2) is 0 Å². The van der Waals surface area contributed by atoms with Crippen LogP contribution in [0.25, 0.3) is 11.4 Å². The van der Waals surface area contributed by atoms with Gasteiger partial charge in [-0.05, 0) is 18.6 Å². The quantitative estimate of drug-likeness (QED) is 0.755. The van der Waals surface area contributed by atoms with Gasteiger partial charge in [-0.3, -0.25) is 4.79 Å². The van der Waals surface area contributed by atoms with E-state index < -0.39 is 0 Å². The number of aromatic amines is 1. The van der Waals surface area contributed by atoms with Crippen LogP contribution in [0.4, 0.5) is 5.82 Å². The van der Waals surface area contributed by atoms with Gasteiger partial charge in [-0.15, -0.1) is 0 Å². The van der Waals surface area contributed by atoms with Crippen LogP contribution in [0.3, 0.4) is 0 Å². The topological polar surface area (TPSA) is 79.7 Å². The van der Waals surface area contributed by atoms with E-state index in [9.17, 15) is 4.79 Å². The molecule has 0 aliphatic carbocycles. The smallest absolute Gasteiger partial charge is 0.251 e. The molecule has 4 heterocycles. The van der Waals surface area contributed by atoms with Crippen molar-refractivity contribution >= 4 is 5.82 Å². The molecule has 28 heavy (non-hydrogen) atoms. The highest BCUT2D eigenvalue weighted by molar-refractivity contribution is 5.56. The number of nitrogens with zero attached hydrogens (tertiary/aromatic N) is 5. The van der Waals surface area contributed by atoms with E-state index in [-0.39, 0.29) is 5.56 Å². The van der Waals surface area contributed by atoms with Crippen molar-refractivity contribution in [2.75, 3.05) is 11.4 Å². The molecule has 0 amide bonds. The van der Waals surface area contributed by atoms with Crippen molar-refractivity contribution in [3.63, 3.8) is 0 Å². The first-order chi connectivity index (χ1) is 13.5. The fraction of sp³-hybridized carbons (Fsp3) is 0.429. The normalized spacial score (nSPS) is 13.8. The molecule has 146 valence electrons. The predicted molar refractivity (Wildman–Crippen MR) is 110 cm³/mol. The van der Waals surface area contributed by atoms with Gasteiger partial charge in [0.25, 0.3) is 5.56 Å². The Balaban J connectivity index is 1.58. The van der Waals surface area contributed by atoms with E-state index >= 15 is 0 Å². The molecule has 0 atom stereocenters. The van der Waals surface area contributed by atoms with Crippen LogP contribution in [0, 0.1) is 0 Å². The highest BCUT2D eigenvalue weighted by Crippen LogP contribution is 2.26. The Morgan fingerprint density at radius 2 is 2.07 bits per heavy atom. The molecule has 0 saturated carbocycles. The van der Waals surface area contributed by atoms with Gasteiger partial charge < -0.3 is 14.5 Å². The summed E-state index contributed by atoms with van der Waals surface area (Å²) in [5.74, 6) is 3.03. The Hall–Kier alpha value is -2.96. The van der Waals surface area contributed by atoms with Crippen LogP contribution in [-0.4, -0.2) is 31.0 Å². The molecule has 0 radical (unpaired) electrons. The number of H-pyrrole nitrogens is 1. The van der Waals surface area contributed by atoms with Gasteiger partial charge in [0.05, 0.1) is 12.2 Å². The van der Waals surface area contributed by atoms with Crippen LogP contribution in [0.5, 0.6) is 0 Å². The summed E-state index contributed by atoms with van der Waals surface area (Å²) in [6, 6.07) is 5.49. The third-order valence-electron chi connectivity index (χ3n) is 5.31. The van der Waals surface area contributed by atoms with E-state index in [1.807, 2.05) is 19.1 Å². The first-order valence-electron chi connectivity index (χ1n) is 9.82. The number of rotatable bonds is 4. The third kappa shape index (κ3) is 3.32. The lowest BCUT2D eigenvalue weighted by Gasteiger charge is -2.27. The summed E-state index contributed by atoms with van der Waals surface area (Å²) >= 11 is 0. The van der Waals surface area contributed by atoms with Crippen LogP contribution in [0.2, 0.25) is 0 Å². The van der Waals surface area contributed by atoms with Gasteiger partial charge in [-0.1, -0.05) is 20.8 Å². The average molecular weight is 378 g/mol. The SMILES string of the molecule is CCc1cc(=O)[nH]c(-c2ccc(N3CCc4c(nc(C(C)C)n4C)C3)nc2)n1. The maximum atomic E-state index is 11.8. The van der Waals surface area contributed by atoms with Crippen LogP contribution < -0.4 is 10.5 Å². The molecule has 0 saturated heterocycles. The zero-order valence-corrected chi connectivity index (χ0v) is 16.9. The average Bonchev–Trinajstić information content (AvgIpc) is 3.04. The minimum Gasteiger partial charge on any atom is -0.350 e. The maximum absolute atomic E-state index is 11.8. The molecule has 1 N–H and O–H groups in total. The Bertz CT molecular complexity index is 1050. The number of pyridine rings is 1. The number of anilines is 1. The fourth-order valence-electron chi connectivity index (χ4n) is 3.80. The van der Waals surface area contributed by atoms with Gasteiger partial charge in [-0.25, -0.2) is 15.0 Å². The number of hydrogen-bond acceptors (Lipinski definition) is 5. The van der Waals surface area contributed by atoms with Crippen molar-refractivity contribution in [2.45, 2.75) is 46.1 Å². The molecule has 1 aliphatic rings. The molecule has 7 heteroatoms. The molecule has 0 unspecified atom stereocenters. The van der Waals surface area contributed by atoms with E-state index in [2.05, 4.69) is 45.3 Å². The van der Waals surface area contributed by atoms with Crippen molar-refractivity contribution in [1.29, 1.82) is 0 Å². The van der Waals surface area contributed by atoms with E-state index in [1.165, 1.54) is 11.8 Å². The Morgan fingerprint density at radius 3 is 2.75 bits per heavy atom. The minimum absolute atomic E-state index is 0.134. The highest BCUT2D eigenvalue weighted by Gasteiger charge is 2.24. The Labute approximate surface area is 164 Å². The molecule has 1 aliphatic heterocycles. The number of nitrogens with one attached hydrogen (secondary N) is 1. The summed E-state index contributed by atoms with van der Waals surface area (Å²) < 4.78 is 2.25. The standard InChI is InChI=1S/C21H26N6O/c1-5-15-10-19(28)25-20(23-15)14-6-7-18(22-11-14)27-9-8-17-16(12-27)24-21(13(2)3)26(17)4/h6-7,10-11,13H,5,8-9,12H2,1-4H3,(H,23,25,28). The van der Waals surface area contributed by atoms with E-state index in [0.717, 1.165) is 54.5 Å². The summed E-state index contributed by atoms with van der Waals surface area (Å²) in [4.78, 5) is 30.9. The molecule has 0 fully saturated rings. The molecule has 3 aromatic rings. The number of fused-ring (bicyclic) bond motifs is 1. The van der Waals surface area contributed by atoms with Crippen molar-refractivity contribution in [2.24, 2.45) is 7.05 Å². The van der Waals surface area contributed by atoms with Crippen LogP contribution in [-0.2, 0) is 26.4 Å². The minimum atomic E-state index is -0.134. The van der Waals surface area contributed by atoms with Gasteiger partial charge in [0.1, 0.15) is 17.5 Å². The second-order valence-electron chi connectivity index (χ2n) is 7.59. The van der Waals surface area contributed by atoms with Crippen molar-refractivity contribution in [1.82, 2.24) is 24.5 Å². The lowest BCUT2D eigenvalue weighted by atomic mass is 10.1. The molecule has 4 rings (SSSR count). The summed E-state index contributed by atoms with van der Waals surface area (Å²) in [7, 11) is 2.11. The van der Waals surface area contributed by atoms with Crippen molar-refractivity contribution < 1.29 is 0 Å². The first kappa shape index (κ1) is 18.4. The van der Waals surface area contributed by atoms with Crippen LogP contribution in [0.15, 0.2) is 29.2 Å². The second kappa shape index (κ2) is 7.22. The number of aryl methyl sites for hydroxylation is 1. The molecular weight excluding hydrogens is 352 g/mol. The van der Waals surface area contributed by atoms with Crippen LogP contribution in [0.1, 0.15) is 49.6 Å². The number of aromatic nitrogens is 5. The second-order valence-corrected chi connectivity index (χ2v) is 7.59. The fourth-order valence-corrected chi connectivity index (χ4v) is 3.80. The number of hydrogen-bond donors (Lipinski definition) is 1. The maximum Gasteiger partial charge on any atom is 0.251 e. The summed E-state index contributed by atoms with van der Waals surface area (Å²) in [6.07, 6.45) is 3.46. The summed E-state index contributed by atoms with van der Waals surface area (Å²) in [5.41, 5.74) is 3.93. The van der Waals surface area contributed by atoms with Crippen molar-refractivity contribution in [3.8, 4) is 11.4 Å². The monoisotopic (exact) mass is 378 g/mol. The molecular formula is C21H26N6O. The molecule has 3 aromatic heterocycles. The molecule has 0 bridgehead atoms. The first-order valence-corrected chi connectivity index (χ1v) is 9.82. The zero-order chi connectivity index (χ0) is 19.8. The van der Waals surface area contributed by atoms with Gasteiger partial charge in [0.2, 0.25) is 0 Å². The third-order valence-corrected chi connectivity index (χ3v) is 5.31. The van der Waals surface area contributed by atoms with E-state index in [4.69, 9.17) is 4.98 Å². The van der Waals surface area contributed by atoms with Gasteiger partial charge >= 0.3 is 0 Å². The van der Waals surface area contributed by atoms with Crippen molar-refractivity contribution in [3.05, 3.63) is 57.7 Å².